The Labute approximate surface area is 150 Å². The van der Waals surface area contributed by atoms with E-state index in [1.165, 1.54) is 4.90 Å². The first-order chi connectivity index (χ1) is 11.6. The van der Waals surface area contributed by atoms with Crippen LogP contribution in [-0.4, -0.2) is 33.1 Å². The normalized spacial score (nSPS) is 17.3. The Morgan fingerprint density at radius 3 is 2.52 bits per heavy atom. The van der Waals surface area contributed by atoms with Gasteiger partial charge in [-0.3, -0.25) is 4.79 Å². The number of carbonyl (C=O) groups is 1. The Bertz CT molecular complexity index is 861. The molecule has 0 bridgehead atoms. The number of hydrogen-bond donors (Lipinski definition) is 0. The van der Waals surface area contributed by atoms with Gasteiger partial charge >= 0.3 is 0 Å². The highest BCUT2D eigenvalue weighted by molar-refractivity contribution is 7.91. The maximum atomic E-state index is 12.6. The molecule has 0 fully saturated rings. The Morgan fingerprint density at radius 2 is 1.96 bits per heavy atom. The van der Waals surface area contributed by atoms with Crippen LogP contribution in [0.25, 0.3) is 11.1 Å². The third kappa shape index (κ3) is 2.98. The molecule has 1 aromatic carbocycles. The highest BCUT2D eigenvalue weighted by atomic mass is 32.2. The summed E-state index contributed by atoms with van der Waals surface area (Å²) >= 11 is -1.51. The average Bonchev–Trinajstić information content (AvgIpc) is 2.98. The highest BCUT2D eigenvalue weighted by Gasteiger charge is 2.36. The molecule has 7 heteroatoms. The number of rotatable bonds is 2. The van der Waals surface area contributed by atoms with Crippen molar-refractivity contribution in [3.63, 3.8) is 0 Å². The van der Waals surface area contributed by atoms with Crippen LogP contribution >= 0.6 is 0 Å². The van der Waals surface area contributed by atoms with Crippen LogP contribution in [0, 0.1) is 13.8 Å². The lowest BCUT2D eigenvalue weighted by atomic mass is 10.00. The molecule has 0 aliphatic carbocycles. The molecule has 1 unspecified atom stereocenters. The number of carbonyl (C=O) groups excluding carboxylic acids is 1. The van der Waals surface area contributed by atoms with E-state index in [4.69, 9.17) is 4.52 Å². The van der Waals surface area contributed by atoms with Crippen molar-refractivity contribution in [2.45, 2.75) is 39.4 Å². The minimum atomic E-state index is -1.51. The first-order valence-electron chi connectivity index (χ1n) is 7.97. The highest BCUT2D eigenvalue weighted by Crippen LogP contribution is 2.35. The predicted molar refractivity (Wildman–Crippen MR) is 99.3 cm³/mol. The second-order valence-electron chi connectivity index (χ2n) is 7.10. The van der Waals surface area contributed by atoms with E-state index in [1.807, 2.05) is 52.8 Å². The third-order valence-electron chi connectivity index (χ3n) is 4.14. The van der Waals surface area contributed by atoms with Crippen molar-refractivity contribution in [3.8, 4) is 11.1 Å². The minimum absolute atomic E-state index is 0.236. The zero-order valence-electron chi connectivity index (χ0n) is 15.2. The molecule has 0 saturated carbocycles. The third-order valence-corrected chi connectivity index (χ3v) is 5.54. The molecule has 1 atom stereocenters. The van der Waals surface area contributed by atoms with Crippen LogP contribution in [0.15, 0.2) is 27.1 Å². The molecular formula is C18H21N3O3S. The summed E-state index contributed by atoms with van der Waals surface area (Å²) in [7, 11) is 1.69. The molecule has 0 spiro atoms. The number of hydrogen-bond acceptors (Lipinski definition) is 5. The standard InChI is InChI=1S/C18H21N3O3S/c1-10-15(11(2)24-19-10)12-7-8-14-13(9-12)16(17(22)21(14)6)20-25(23)18(3,4)5/h7-9H,1-6H3. The van der Waals surface area contributed by atoms with Gasteiger partial charge in [0.15, 0.2) is 5.71 Å². The van der Waals surface area contributed by atoms with Crippen LogP contribution in [0.2, 0.25) is 0 Å². The van der Waals surface area contributed by atoms with Gasteiger partial charge in [0.25, 0.3) is 5.91 Å². The summed E-state index contributed by atoms with van der Waals surface area (Å²) in [5.74, 6) is 0.468. The number of aryl methyl sites for hydroxylation is 2. The minimum Gasteiger partial charge on any atom is -0.591 e. The van der Waals surface area contributed by atoms with E-state index in [1.54, 1.807) is 7.05 Å². The van der Waals surface area contributed by atoms with Crippen molar-refractivity contribution >= 4 is 28.7 Å². The first-order valence-corrected chi connectivity index (χ1v) is 9.08. The summed E-state index contributed by atoms with van der Waals surface area (Å²) in [6.07, 6.45) is 0. The van der Waals surface area contributed by atoms with Gasteiger partial charge in [-0.15, -0.1) is 0 Å². The molecule has 1 aromatic heterocycles. The van der Waals surface area contributed by atoms with Crippen molar-refractivity contribution in [1.29, 1.82) is 0 Å². The summed E-state index contributed by atoms with van der Waals surface area (Å²) < 4.78 is 21.4. The van der Waals surface area contributed by atoms with Crippen LogP contribution in [0.1, 0.15) is 37.8 Å². The molecule has 0 radical (unpaired) electrons. The second-order valence-corrected chi connectivity index (χ2v) is 9.00. The molecule has 1 amide bonds. The molecule has 0 saturated heterocycles. The van der Waals surface area contributed by atoms with E-state index in [0.29, 0.717) is 11.3 Å². The molecule has 25 heavy (non-hydrogen) atoms. The van der Waals surface area contributed by atoms with Crippen molar-refractivity contribution < 1.29 is 13.9 Å². The molecule has 6 nitrogen and oxygen atoms in total. The Hall–Kier alpha value is -2.12. The van der Waals surface area contributed by atoms with Crippen LogP contribution in [0.3, 0.4) is 0 Å². The van der Waals surface area contributed by atoms with Crippen LogP contribution in [-0.2, 0) is 16.2 Å². The van der Waals surface area contributed by atoms with Crippen molar-refractivity contribution in [2.24, 2.45) is 4.40 Å². The molecular weight excluding hydrogens is 338 g/mol. The van der Waals surface area contributed by atoms with Crippen LogP contribution in [0.5, 0.6) is 0 Å². The summed E-state index contributed by atoms with van der Waals surface area (Å²) in [6.45, 7) is 9.22. The Kier molecular flexibility index (Phi) is 4.25. The van der Waals surface area contributed by atoms with Crippen molar-refractivity contribution in [3.05, 3.63) is 35.2 Å². The summed E-state index contributed by atoms with van der Waals surface area (Å²) in [5.41, 5.74) is 4.26. The fourth-order valence-electron chi connectivity index (χ4n) is 2.76. The number of aromatic nitrogens is 1. The smallest absolute Gasteiger partial charge is 0.281 e. The Balaban J connectivity index is 2.15. The quantitative estimate of drug-likeness (QED) is 0.771. The number of amides is 1. The van der Waals surface area contributed by atoms with Gasteiger partial charge in [0.1, 0.15) is 21.9 Å². The van der Waals surface area contributed by atoms with Gasteiger partial charge < -0.3 is 14.0 Å². The first kappa shape index (κ1) is 17.7. The van der Waals surface area contributed by atoms with Gasteiger partial charge in [0, 0.05) is 18.2 Å². The maximum Gasteiger partial charge on any atom is 0.281 e. The number of nitrogens with zero attached hydrogens (tertiary/aromatic N) is 3. The average molecular weight is 359 g/mol. The molecule has 1 aliphatic rings. The van der Waals surface area contributed by atoms with Crippen LogP contribution in [0.4, 0.5) is 5.69 Å². The lowest BCUT2D eigenvalue weighted by molar-refractivity contribution is -0.111. The molecule has 2 heterocycles. The fraction of sp³-hybridized carbons (Fsp3) is 0.389. The molecule has 2 aromatic rings. The summed E-state index contributed by atoms with van der Waals surface area (Å²) in [4.78, 5) is 14.1. The zero-order valence-corrected chi connectivity index (χ0v) is 16.0. The van der Waals surface area contributed by atoms with E-state index in [2.05, 4.69) is 9.55 Å². The largest absolute Gasteiger partial charge is 0.591 e. The molecule has 132 valence electrons. The van der Waals surface area contributed by atoms with E-state index in [-0.39, 0.29) is 11.6 Å². The number of benzene rings is 1. The Morgan fingerprint density at radius 1 is 1.28 bits per heavy atom. The monoisotopic (exact) mass is 359 g/mol. The van der Waals surface area contributed by atoms with Gasteiger partial charge in [-0.2, -0.15) is 0 Å². The van der Waals surface area contributed by atoms with Gasteiger partial charge in [0.2, 0.25) is 0 Å². The van der Waals surface area contributed by atoms with Crippen LogP contribution < -0.4 is 4.90 Å². The number of fused-ring (bicyclic) bond motifs is 1. The van der Waals surface area contributed by atoms with E-state index in [9.17, 15) is 9.35 Å². The lowest BCUT2D eigenvalue weighted by Crippen LogP contribution is -2.30. The zero-order chi connectivity index (χ0) is 18.5. The summed E-state index contributed by atoms with van der Waals surface area (Å²) in [6, 6.07) is 5.69. The van der Waals surface area contributed by atoms with Gasteiger partial charge in [0.05, 0.1) is 11.4 Å². The van der Waals surface area contributed by atoms with E-state index < -0.39 is 16.1 Å². The van der Waals surface area contributed by atoms with Crippen molar-refractivity contribution in [1.82, 2.24) is 5.16 Å². The fourth-order valence-corrected chi connectivity index (χ4v) is 3.38. The van der Waals surface area contributed by atoms with Gasteiger partial charge in [-0.25, -0.2) is 0 Å². The van der Waals surface area contributed by atoms with Crippen molar-refractivity contribution in [2.75, 3.05) is 11.9 Å². The SMILES string of the molecule is Cc1noc(C)c1-c1ccc2c(c1)C(=N[S+]([O-])C(C)(C)C)C(=O)N2C. The number of likely N-dealkylation sites (N-methyl/N-ethyl adjacent to an activating group) is 1. The predicted octanol–water partition coefficient (Wildman–Crippen LogP) is 3.19. The summed E-state index contributed by atoms with van der Waals surface area (Å²) in [5, 5.41) is 3.98. The van der Waals surface area contributed by atoms with E-state index >= 15 is 0 Å². The molecule has 0 N–H and O–H groups in total. The second kappa shape index (κ2) is 6.00. The topological polar surface area (TPSA) is 81.8 Å². The number of anilines is 1. The molecule has 3 rings (SSSR count). The lowest BCUT2D eigenvalue weighted by Gasteiger charge is -2.18. The van der Waals surface area contributed by atoms with Gasteiger partial charge in [-0.05, 0) is 52.3 Å². The van der Waals surface area contributed by atoms with E-state index in [0.717, 1.165) is 22.5 Å². The van der Waals surface area contributed by atoms with Gasteiger partial charge in [-0.1, -0.05) is 15.6 Å². The maximum absolute atomic E-state index is 12.6. The molecule has 1 aliphatic heterocycles.